The van der Waals surface area contributed by atoms with E-state index in [2.05, 4.69) is 4.98 Å². The van der Waals surface area contributed by atoms with Crippen LogP contribution in [0, 0.1) is 0 Å². The van der Waals surface area contributed by atoms with Crippen molar-refractivity contribution in [1.82, 2.24) is 4.98 Å². The highest BCUT2D eigenvalue weighted by Crippen LogP contribution is 2.36. The first-order valence-corrected chi connectivity index (χ1v) is 4.97. The Morgan fingerprint density at radius 3 is 2.53 bits per heavy atom. The summed E-state index contributed by atoms with van der Waals surface area (Å²) in [5.74, 6) is 0.410. The Morgan fingerprint density at radius 1 is 1.27 bits per heavy atom. The van der Waals surface area contributed by atoms with Gasteiger partial charge in [-0.25, -0.2) is 4.98 Å². The first-order chi connectivity index (χ1) is 7.24. The number of hydrogen-bond donors (Lipinski definition) is 1. The van der Waals surface area contributed by atoms with Crippen molar-refractivity contribution in [2.24, 2.45) is 0 Å². The average Bonchev–Trinajstić information content (AvgIpc) is 2.65. The van der Waals surface area contributed by atoms with Gasteiger partial charge in [0.15, 0.2) is 12.2 Å². The van der Waals surface area contributed by atoms with Crippen LogP contribution in [0.25, 0.3) is 11.3 Å². The number of rotatable bonds is 2. The highest BCUT2D eigenvalue weighted by molar-refractivity contribution is 6.39. The van der Waals surface area contributed by atoms with Crippen molar-refractivity contribution in [1.29, 1.82) is 0 Å². The minimum Gasteiger partial charge on any atom is -0.443 e. The molecule has 0 spiro atoms. The van der Waals surface area contributed by atoms with Crippen LogP contribution >= 0.6 is 23.2 Å². The smallest absolute Gasteiger partial charge is 0.181 e. The summed E-state index contributed by atoms with van der Waals surface area (Å²) in [7, 11) is 0. The van der Waals surface area contributed by atoms with Gasteiger partial charge in [-0.2, -0.15) is 0 Å². The molecule has 0 amide bonds. The molecule has 78 valence electrons. The van der Waals surface area contributed by atoms with Gasteiger partial charge in [0.25, 0.3) is 0 Å². The molecule has 2 aromatic rings. The summed E-state index contributed by atoms with van der Waals surface area (Å²) in [5, 5.41) is 9.97. The molecular weight excluding hydrogens is 237 g/mol. The molecule has 0 atom stereocenters. The maximum atomic E-state index is 9.04. The van der Waals surface area contributed by atoms with Gasteiger partial charge in [0.2, 0.25) is 0 Å². The second-order valence-corrected chi connectivity index (χ2v) is 3.70. The number of hydrogen-bond acceptors (Lipinski definition) is 3. The molecule has 0 aliphatic heterocycles. The van der Waals surface area contributed by atoms with E-state index in [1.54, 1.807) is 18.2 Å². The van der Waals surface area contributed by atoms with Crippen LogP contribution in [-0.2, 0) is 6.61 Å². The molecule has 1 aromatic heterocycles. The van der Waals surface area contributed by atoms with Crippen molar-refractivity contribution in [3.05, 3.63) is 40.3 Å². The Labute approximate surface area is 96.3 Å². The lowest BCUT2D eigenvalue weighted by atomic mass is 10.1. The molecule has 1 heterocycles. The van der Waals surface area contributed by atoms with E-state index in [9.17, 15) is 0 Å². The number of halogens is 2. The fourth-order valence-corrected chi connectivity index (χ4v) is 1.87. The molecule has 3 nitrogen and oxygen atoms in total. The van der Waals surface area contributed by atoms with E-state index in [0.717, 1.165) is 0 Å². The number of aliphatic hydroxyl groups is 1. The van der Waals surface area contributed by atoms with Gasteiger partial charge >= 0.3 is 0 Å². The summed E-state index contributed by atoms with van der Waals surface area (Å²) in [4.78, 5) is 3.86. The maximum absolute atomic E-state index is 9.04. The molecule has 0 saturated carbocycles. The van der Waals surface area contributed by atoms with Gasteiger partial charge in [0.1, 0.15) is 5.69 Å². The van der Waals surface area contributed by atoms with Crippen molar-refractivity contribution in [2.45, 2.75) is 6.61 Å². The van der Waals surface area contributed by atoms with Crippen molar-refractivity contribution in [3.63, 3.8) is 0 Å². The third kappa shape index (κ3) is 1.86. The van der Waals surface area contributed by atoms with E-state index in [0.29, 0.717) is 27.1 Å². The van der Waals surface area contributed by atoms with Crippen LogP contribution in [0.5, 0.6) is 0 Å². The van der Waals surface area contributed by atoms with Crippen molar-refractivity contribution in [2.75, 3.05) is 0 Å². The summed E-state index contributed by atoms with van der Waals surface area (Å²) in [6.07, 6.45) is 1.25. The predicted octanol–water partition coefficient (Wildman–Crippen LogP) is 3.14. The fourth-order valence-electron chi connectivity index (χ4n) is 1.30. The summed E-state index contributed by atoms with van der Waals surface area (Å²) in [6.45, 7) is -0.215. The molecule has 2 rings (SSSR count). The van der Waals surface area contributed by atoms with E-state index in [1.165, 1.54) is 6.39 Å². The van der Waals surface area contributed by atoms with Crippen LogP contribution in [0.2, 0.25) is 10.0 Å². The molecule has 0 bridgehead atoms. The van der Waals surface area contributed by atoms with Crippen LogP contribution in [-0.4, -0.2) is 10.1 Å². The molecule has 1 N–H and O–H groups in total. The van der Waals surface area contributed by atoms with E-state index in [4.69, 9.17) is 32.7 Å². The van der Waals surface area contributed by atoms with Crippen molar-refractivity contribution >= 4 is 23.2 Å². The zero-order valence-electron chi connectivity index (χ0n) is 7.58. The standard InChI is InChI=1S/C10H7Cl2NO2/c11-6-2-1-3-7(12)9(6)10-8(4-14)13-5-15-10/h1-3,5,14H,4H2. The number of aliphatic hydroxyl groups excluding tert-OH is 1. The number of aromatic nitrogens is 1. The second kappa shape index (κ2) is 4.23. The zero-order valence-corrected chi connectivity index (χ0v) is 9.09. The van der Waals surface area contributed by atoms with Crippen LogP contribution in [0.15, 0.2) is 29.0 Å². The lowest BCUT2D eigenvalue weighted by molar-refractivity contribution is 0.277. The van der Waals surface area contributed by atoms with Gasteiger partial charge in [-0.1, -0.05) is 29.3 Å². The van der Waals surface area contributed by atoms with Crippen LogP contribution in [0.4, 0.5) is 0 Å². The van der Waals surface area contributed by atoms with E-state index < -0.39 is 0 Å². The monoisotopic (exact) mass is 243 g/mol. The zero-order chi connectivity index (χ0) is 10.8. The number of oxazole rings is 1. The fraction of sp³-hybridized carbons (Fsp3) is 0.100. The largest absolute Gasteiger partial charge is 0.443 e. The minimum absolute atomic E-state index is 0.215. The normalized spacial score (nSPS) is 10.6. The van der Waals surface area contributed by atoms with E-state index in [-0.39, 0.29) is 6.61 Å². The Kier molecular flexibility index (Phi) is 2.95. The first-order valence-electron chi connectivity index (χ1n) is 4.21. The Bertz CT molecular complexity index is 462. The SMILES string of the molecule is OCc1ncoc1-c1c(Cl)cccc1Cl. The van der Waals surface area contributed by atoms with E-state index >= 15 is 0 Å². The molecular formula is C10H7Cl2NO2. The van der Waals surface area contributed by atoms with Crippen LogP contribution in [0.1, 0.15) is 5.69 Å². The third-order valence-corrected chi connectivity index (χ3v) is 2.61. The molecule has 15 heavy (non-hydrogen) atoms. The van der Waals surface area contributed by atoms with Crippen LogP contribution < -0.4 is 0 Å². The molecule has 0 saturated heterocycles. The Hall–Kier alpha value is -1.03. The van der Waals surface area contributed by atoms with E-state index in [1.807, 2.05) is 0 Å². The minimum atomic E-state index is -0.215. The molecule has 0 unspecified atom stereocenters. The summed E-state index contributed by atoms with van der Waals surface area (Å²) < 4.78 is 5.16. The molecule has 0 radical (unpaired) electrons. The number of benzene rings is 1. The lowest BCUT2D eigenvalue weighted by Crippen LogP contribution is -1.88. The summed E-state index contributed by atoms with van der Waals surface area (Å²) in [5.41, 5.74) is 0.979. The quantitative estimate of drug-likeness (QED) is 0.882. The van der Waals surface area contributed by atoms with Gasteiger partial charge in [0, 0.05) is 0 Å². The highest BCUT2D eigenvalue weighted by atomic mass is 35.5. The Morgan fingerprint density at radius 2 is 1.93 bits per heavy atom. The third-order valence-electron chi connectivity index (χ3n) is 1.98. The molecule has 1 aromatic carbocycles. The Balaban J connectivity index is 2.63. The summed E-state index contributed by atoms with van der Waals surface area (Å²) in [6, 6.07) is 5.14. The van der Waals surface area contributed by atoms with Crippen LogP contribution in [0.3, 0.4) is 0 Å². The average molecular weight is 244 g/mol. The van der Waals surface area contributed by atoms with Crippen molar-refractivity contribution < 1.29 is 9.52 Å². The first kappa shape index (κ1) is 10.5. The van der Waals surface area contributed by atoms with Gasteiger partial charge in [-0.15, -0.1) is 0 Å². The lowest BCUT2D eigenvalue weighted by Gasteiger charge is -2.04. The molecule has 0 fully saturated rings. The van der Waals surface area contributed by atoms with Crippen molar-refractivity contribution in [3.8, 4) is 11.3 Å². The molecule has 0 aliphatic rings. The van der Waals surface area contributed by atoms with Gasteiger partial charge < -0.3 is 9.52 Å². The van der Waals surface area contributed by atoms with Gasteiger partial charge in [-0.05, 0) is 12.1 Å². The molecule has 0 aliphatic carbocycles. The number of nitrogens with zero attached hydrogens (tertiary/aromatic N) is 1. The maximum Gasteiger partial charge on any atom is 0.181 e. The second-order valence-electron chi connectivity index (χ2n) is 2.88. The predicted molar refractivity (Wildman–Crippen MR) is 57.9 cm³/mol. The van der Waals surface area contributed by atoms with Gasteiger partial charge in [0.05, 0.1) is 22.2 Å². The highest BCUT2D eigenvalue weighted by Gasteiger charge is 2.16. The molecule has 5 heteroatoms. The van der Waals surface area contributed by atoms with Gasteiger partial charge in [-0.3, -0.25) is 0 Å². The summed E-state index contributed by atoms with van der Waals surface area (Å²) >= 11 is 12.0. The topological polar surface area (TPSA) is 46.3 Å².